The lowest BCUT2D eigenvalue weighted by atomic mass is 10.8. The van der Waals surface area contributed by atoms with Crippen molar-refractivity contribution in [1.29, 1.82) is 5.26 Å². The summed E-state index contributed by atoms with van der Waals surface area (Å²) >= 11 is 2.94. The van der Waals surface area contributed by atoms with Crippen molar-refractivity contribution in [3.63, 3.8) is 0 Å². The maximum Gasteiger partial charge on any atom is 0.218 e. The second-order valence-corrected chi connectivity index (χ2v) is 3.91. The zero-order valence-electron chi connectivity index (χ0n) is 5.37. The Labute approximate surface area is 67.1 Å². The fourth-order valence-electron chi connectivity index (χ4n) is 0.437. The molecule has 52 valence electrons. The Hall–Kier alpha value is -0.600. The van der Waals surface area contributed by atoms with Gasteiger partial charge in [0.1, 0.15) is 6.07 Å². The number of nitrogens with zero attached hydrogens (tertiary/aromatic N) is 3. The zero-order valence-corrected chi connectivity index (χ0v) is 7.00. The molecule has 0 spiro atoms. The lowest BCUT2D eigenvalue weighted by molar-refractivity contribution is 1.000. The molecular formula is C5H5N3S2. The van der Waals surface area contributed by atoms with E-state index in [1.165, 1.54) is 11.3 Å². The number of rotatable bonds is 2. The van der Waals surface area contributed by atoms with Crippen LogP contribution >= 0.6 is 23.1 Å². The maximum absolute atomic E-state index is 8.37. The van der Waals surface area contributed by atoms with Crippen molar-refractivity contribution in [3.8, 4) is 6.07 Å². The smallest absolute Gasteiger partial charge is 0.190 e. The molecule has 1 aromatic heterocycles. The van der Waals surface area contributed by atoms with Crippen LogP contribution in [0.1, 0.15) is 11.9 Å². The van der Waals surface area contributed by atoms with Gasteiger partial charge in [-0.1, -0.05) is 30.0 Å². The van der Waals surface area contributed by atoms with Gasteiger partial charge in [0.05, 0.1) is 0 Å². The first-order valence-electron chi connectivity index (χ1n) is 2.73. The second kappa shape index (κ2) is 3.54. The molecule has 0 bridgehead atoms. The van der Waals surface area contributed by atoms with E-state index in [4.69, 9.17) is 5.26 Å². The van der Waals surface area contributed by atoms with Crippen LogP contribution < -0.4 is 0 Å². The van der Waals surface area contributed by atoms with Crippen molar-refractivity contribution >= 4 is 23.1 Å². The third-order valence-corrected chi connectivity index (χ3v) is 2.61. The van der Waals surface area contributed by atoms with Crippen LogP contribution in [0.5, 0.6) is 0 Å². The van der Waals surface area contributed by atoms with E-state index in [-0.39, 0.29) is 0 Å². The molecule has 0 aromatic carbocycles. The summed E-state index contributed by atoms with van der Waals surface area (Å²) in [5, 5.41) is 16.2. The summed E-state index contributed by atoms with van der Waals surface area (Å²) in [6.45, 7) is 2.04. The molecule has 0 atom stereocenters. The topological polar surface area (TPSA) is 49.6 Å². The molecule has 1 aromatic rings. The van der Waals surface area contributed by atoms with E-state index >= 15 is 0 Å². The molecule has 1 heterocycles. The van der Waals surface area contributed by atoms with Gasteiger partial charge in [0.2, 0.25) is 5.01 Å². The average Bonchev–Trinajstić information content (AvgIpc) is 2.37. The third-order valence-electron chi connectivity index (χ3n) is 0.770. The Morgan fingerprint density at radius 3 is 3.00 bits per heavy atom. The fourth-order valence-corrected chi connectivity index (χ4v) is 1.98. The molecule has 0 saturated carbocycles. The maximum atomic E-state index is 8.37. The quantitative estimate of drug-likeness (QED) is 0.633. The highest BCUT2D eigenvalue weighted by Crippen LogP contribution is 2.20. The molecule has 0 saturated heterocycles. The van der Waals surface area contributed by atoms with Gasteiger partial charge in [0.15, 0.2) is 4.34 Å². The Morgan fingerprint density at radius 1 is 1.70 bits per heavy atom. The Kier molecular flexibility index (Phi) is 2.66. The van der Waals surface area contributed by atoms with Crippen LogP contribution in [0.4, 0.5) is 0 Å². The van der Waals surface area contributed by atoms with Crippen molar-refractivity contribution < 1.29 is 0 Å². The van der Waals surface area contributed by atoms with E-state index in [1.54, 1.807) is 11.8 Å². The minimum Gasteiger partial charge on any atom is -0.190 e. The van der Waals surface area contributed by atoms with Crippen molar-refractivity contribution in [3.05, 3.63) is 5.01 Å². The van der Waals surface area contributed by atoms with Crippen LogP contribution in [0.3, 0.4) is 0 Å². The van der Waals surface area contributed by atoms with Crippen LogP contribution in [-0.2, 0) is 0 Å². The number of thioether (sulfide) groups is 1. The molecule has 0 radical (unpaired) electrons. The molecule has 1 rings (SSSR count). The highest BCUT2D eigenvalue weighted by Gasteiger charge is 2.00. The van der Waals surface area contributed by atoms with E-state index in [0.717, 1.165) is 10.1 Å². The molecule has 0 aliphatic heterocycles. The van der Waals surface area contributed by atoms with Crippen LogP contribution in [0.2, 0.25) is 0 Å². The SMILES string of the molecule is CCSc1nnc(C#N)s1. The summed E-state index contributed by atoms with van der Waals surface area (Å²) in [6.07, 6.45) is 0. The van der Waals surface area contributed by atoms with E-state index < -0.39 is 0 Å². The van der Waals surface area contributed by atoms with Gasteiger partial charge in [0.25, 0.3) is 0 Å². The standard InChI is InChI=1S/C5H5N3S2/c1-2-9-5-8-7-4(3-6)10-5/h2H2,1H3. The number of hydrogen-bond donors (Lipinski definition) is 0. The van der Waals surface area contributed by atoms with Crippen molar-refractivity contribution in [2.75, 3.05) is 5.75 Å². The van der Waals surface area contributed by atoms with Crippen molar-refractivity contribution in [2.45, 2.75) is 11.3 Å². The van der Waals surface area contributed by atoms with E-state index in [9.17, 15) is 0 Å². The highest BCUT2D eigenvalue weighted by molar-refractivity contribution is 8.00. The number of hydrogen-bond acceptors (Lipinski definition) is 5. The van der Waals surface area contributed by atoms with Crippen LogP contribution in [0.25, 0.3) is 0 Å². The predicted octanol–water partition coefficient (Wildman–Crippen LogP) is 1.52. The first-order chi connectivity index (χ1) is 4.86. The van der Waals surface area contributed by atoms with E-state index in [1.807, 2.05) is 13.0 Å². The van der Waals surface area contributed by atoms with Gasteiger partial charge in [-0.3, -0.25) is 0 Å². The minimum atomic E-state index is 0.441. The summed E-state index contributed by atoms with van der Waals surface area (Å²) in [5.74, 6) is 0.972. The summed E-state index contributed by atoms with van der Waals surface area (Å²) in [5.41, 5.74) is 0. The van der Waals surface area contributed by atoms with Crippen molar-refractivity contribution in [1.82, 2.24) is 10.2 Å². The Morgan fingerprint density at radius 2 is 2.50 bits per heavy atom. The highest BCUT2D eigenvalue weighted by atomic mass is 32.2. The molecule has 3 nitrogen and oxygen atoms in total. The lowest BCUT2D eigenvalue weighted by Crippen LogP contribution is -1.71. The van der Waals surface area contributed by atoms with Gasteiger partial charge in [-0.15, -0.1) is 10.2 Å². The van der Waals surface area contributed by atoms with Crippen LogP contribution in [-0.4, -0.2) is 16.0 Å². The molecule has 5 heteroatoms. The van der Waals surface area contributed by atoms with Crippen LogP contribution in [0.15, 0.2) is 4.34 Å². The number of nitriles is 1. The zero-order chi connectivity index (χ0) is 7.40. The predicted molar refractivity (Wildman–Crippen MR) is 41.0 cm³/mol. The molecule has 0 N–H and O–H groups in total. The summed E-state index contributed by atoms with van der Waals surface area (Å²) < 4.78 is 0.874. The monoisotopic (exact) mass is 171 g/mol. The molecule has 0 aliphatic carbocycles. The van der Waals surface area contributed by atoms with E-state index in [0.29, 0.717) is 5.01 Å². The average molecular weight is 171 g/mol. The van der Waals surface area contributed by atoms with Gasteiger partial charge in [0, 0.05) is 0 Å². The molecule has 0 fully saturated rings. The van der Waals surface area contributed by atoms with Gasteiger partial charge in [-0.25, -0.2) is 0 Å². The summed E-state index contributed by atoms with van der Waals surface area (Å²) in [4.78, 5) is 0. The van der Waals surface area contributed by atoms with Gasteiger partial charge in [-0.05, 0) is 5.75 Å². The van der Waals surface area contributed by atoms with Gasteiger partial charge < -0.3 is 0 Å². The van der Waals surface area contributed by atoms with Crippen LogP contribution in [0, 0.1) is 11.3 Å². The molecule has 0 amide bonds. The second-order valence-electron chi connectivity index (χ2n) is 1.42. The Balaban J connectivity index is 2.71. The first-order valence-corrected chi connectivity index (χ1v) is 4.53. The first kappa shape index (κ1) is 7.51. The molecule has 0 aliphatic rings. The largest absolute Gasteiger partial charge is 0.218 e. The lowest BCUT2D eigenvalue weighted by Gasteiger charge is -1.82. The molecule has 0 unspecified atom stereocenters. The fraction of sp³-hybridized carbons (Fsp3) is 0.400. The van der Waals surface area contributed by atoms with Gasteiger partial charge in [-0.2, -0.15) is 5.26 Å². The Bertz CT molecular complexity index is 250. The van der Waals surface area contributed by atoms with E-state index in [2.05, 4.69) is 10.2 Å². The summed E-state index contributed by atoms with van der Waals surface area (Å²) in [7, 11) is 0. The third kappa shape index (κ3) is 1.69. The number of aromatic nitrogens is 2. The van der Waals surface area contributed by atoms with Gasteiger partial charge >= 0.3 is 0 Å². The molecular weight excluding hydrogens is 166 g/mol. The minimum absolute atomic E-state index is 0.441. The molecule has 10 heavy (non-hydrogen) atoms. The summed E-state index contributed by atoms with van der Waals surface area (Å²) in [6, 6.07) is 1.94. The van der Waals surface area contributed by atoms with Crippen molar-refractivity contribution in [2.24, 2.45) is 0 Å². The normalized spacial score (nSPS) is 9.20.